The number of hydrogen-bond donors (Lipinski definition) is 1. The summed E-state index contributed by atoms with van der Waals surface area (Å²) in [6.07, 6.45) is 4.38. The highest BCUT2D eigenvalue weighted by molar-refractivity contribution is 5.80. The van der Waals surface area contributed by atoms with Crippen LogP contribution in [0.2, 0.25) is 0 Å². The molecule has 0 unspecified atom stereocenters. The summed E-state index contributed by atoms with van der Waals surface area (Å²) < 4.78 is 19.5. The van der Waals surface area contributed by atoms with Crippen molar-refractivity contribution in [2.45, 2.75) is 6.42 Å². The van der Waals surface area contributed by atoms with E-state index in [0.717, 1.165) is 17.7 Å². The first-order valence-electron chi connectivity index (χ1n) is 10.3. The van der Waals surface area contributed by atoms with Crippen molar-refractivity contribution in [1.82, 2.24) is 9.38 Å². The average Bonchev–Trinajstić information content (AvgIpc) is 3.32. The van der Waals surface area contributed by atoms with E-state index in [1.54, 1.807) is 24.5 Å². The molecule has 0 amide bonds. The predicted molar refractivity (Wildman–Crippen MR) is 120 cm³/mol. The monoisotopic (exact) mass is 427 g/mol. The molecule has 5 rings (SSSR count). The van der Waals surface area contributed by atoms with Crippen LogP contribution < -0.4 is 14.8 Å². The summed E-state index contributed by atoms with van der Waals surface area (Å²) in [4.78, 5) is 4.44. The second-order valence-electron chi connectivity index (χ2n) is 7.23. The van der Waals surface area contributed by atoms with E-state index in [2.05, 4.69) is 10.1 Å². The molecule has 0 spiro atoms. The fourth-order valence-electron chi connectivity index (χ4n) is 3.47. The number of hydrogen-bond acceptors (Lipinski definition) is 6. The lowest BCUT2D eigenvalue weighted by atomic mass is 10.2. The van der Waals surface area contributed by atoms with Crippen LogP contribution in [0.3, 0.4) is 0 Å². The quantitative estimate of drug-likeness (QED) is 0.227. The molecule has 0 atom stereocenters. The van der Waals surface area contributed by atoms with E-state index in [9.17, 15) is 5.21 Å². The van der Waals surface area contributed by atoms with Crippen LogP contribution in [0.1, 0.15) is 6.42 Å². The van der Waals surface area contributed by atoms with Gasteiger partial charge >= 0.3 is 0 Å². The van der Waals surface area contributed by atoms with Crippen LogP contribution in [-0.4, -0.2) is 27.8 Å². The summed E-state index contributed by atoms with van der Waals surface area (Å²) in [5, 5.41) is 14.1. The van der Waals surface area contributed by atoms with E-state index >= 15 is 0 Å². The Labute approximate surface area is 183 Å². The number of aromatic nitrogens is 2. The second kappa shape index (κ2) is 8.85. The molecule has 3 aromatic heterocycles. The molecule has 0 aliphatic heterocycles. The van der Waals surface area contributed by atoms with E-state index in [-0.39, 0.29) is 0 Å². The van der Waals surface area contributed by atoms with E-state index in [0.29, 0.717) is 46.7 Å². The highest BCUT2D eigenvalue weighted by Gasteiger charge is 2.10. The minimum Gasteiger partial charge on any atom is -0.493 e. The third kappa shape index (κ3) is 4.13. The minimum absolute atomic E-state index is 0.385. The maximum atomic E-state index is 9.59. The number of fused-ring (bicyclic) bond motifs is 2. The Morgan fingerprint density at radius 2 is 1.75 bits per heavy atom. The molecule has 32 heavy (non-hydrogen) atoms. The first kappa shape index (κ1) is 19.7. The molecule has 0 aliphatic rings. The molecular formula is C25H21N3O4. The maximum absolute atomic E-state index is 9.59. The Kier molecular flexibility index (Phi) is 5.45. The highest BCUT2D eigenvalue weighted by atomic mass is 16.5. The topological polar surface area (TPSA) is 81.5 Å². The van der Waals surface area contributed by atoms with Crippen molar-refractivity contribution in [3.05, 3.63) is 90.7 Å². The third-order valence-electron chi connectivity index (χ3n) is 5.06. The van der Waals surface area contributed by atoms with Gasteiger partial charge in [-0.25, -0.2) is 4.98 Å². The molecular weight excluding hydrogens is 406 g/mol. The number of ether oxygens (including phenoxy) is 2. The van der Waals surface area contributed by atoms with Gasteiger partial charge in [-0.05, 0) is 48.5 Å². The summed E-state index contributed by atoms with van der Waals surface area (Å²) in [5.41, 5.74) is 2.22. The number of rotatable bonds is 7. The van der Waals surface area contributed by atoms with Crippen molar-refractivity contribution in [1.29, 1.82) is 0 Å². The molecule has 1 N–H and O–H groups in total. The number of nitrogens with zero attached hydrogens (tertiary/aromatic N) is 3. The molecule has 7 heteroatoms. The van der Waals surface area contributed by atoms with Crippen molar-refractivity contribution < 1.29 is 19.1 Å². The zero-order valence-electron chi connectivity index (χ0n) is 17.2. The van der Waals surface area contributed by atoms with Gasteiger partial charge in [-0.15, -0.1) is 0 Å². The van der Waals surface area contributed by atoms with Gasteiger partial charge in [0, 0.05) is 24.2 Å². The van der Waals surface area contributed by atoms with E-state index in [1.165, 1.54) is 0 Å². The normalized spacial score (nSPS) is 11.8. The van der Waals surface area contributed by atoms with Gasteiger partial charge in [0.1, 0.15) is 28.1 Å². The highest BCUT2D eigenvalue weighted by Crippen LogP contribution is 2.24. The van der Waals surface area contributed by atoms with Gasteiger partial charge in [-0.1, -0.05) is 23.4 Å². The van der Waals surface area contributed by atoms with Gasteiger partial charge in [0.05, 0.1) is 24.9 Å². The standard InChI is InChI=1S/C25H21N3O4/c29-27-22-16-25(23-14-18-6-4-11-28(18)17-26-23)32-24-10-9-20(15-21(22)24)31-13-5-12-30-19-7-2-1-3-8-19/h1-4,6-11,14-17,29H,5,12-13H2. The number of para-hydroxylation sites is 1. The zero-order valence-corrected chi connectivity index (χ0v) is 17.2. The van der Waals surface area contributed by atoms with Crippen molar-refractivity contribution in [2.75, 3.05) is 13.2 Å². The molecule has 7 nitrogen and oxygen atoms in total. The van der Waals surface area contributed by atoms with E-state index < -0.39 is 0 Å². The summed E-state index contributed by atoms with van der Waals surface area (Å²) in [6, 6.07) is 22.6. The maximum Gasteiger partial charge on any atom is 0.155 e. The first-order valence-corrected chi connectivity index (χ1v) is 10.3. The van der Waals surface area contributed by atoms with Gasteiger partial charge in [0.25, 0.3) is 0 Å². The Balaban J connectivity index is 1.32. The van der Waals surface area contributed by atoms with Crippen LogP contribution in [0.5, 0.6) is 11.5 Å². The molecule has 3 heterocycles. The van der Waals surface area contributed by atoms with Crippen LogP contribution in [-0.2, 0) is 0 Å². The molecule has 160 valence electrons. The lowest BCUT2D eigenvalue weighted by Crippen LogP contribution is -2.06. The van der Waals surface area contributed by atoms with Crippen LogP contribution in [0.15, 0.2) is 94.9 Å². The van der Waals surface area contributed by atoms with Gasteiger partial charge in [-0.3, -0.25) is 0 Å². The molecule has 0 fully saturated rings. The lowest BCUT2D eigenvalue weighted by molar-refractivity contribution is 0.247. The van der Waals surface area contributed by atoms with Crippen LogP contribution >= 0.6 is 0 Å². The van der Waals surface area contributed by atoms with Gasteiger partial charge < -0.3 is 23.5 Å². The zero-order chi connectivity index (χ0) is 21.8. The lowest BCUT2D eigenvalue weighted by Gasteiger charge is -2.09. The molecule has 2 aromatic carbocycles. The Hall–Kier alpha value is -4.26. The Morgan fingerprint density at radius 1 is 0.906 bits per heavy atom. The molecule has 0 saturated carbocycles. The molecule has 0 saturated heterocycles. The summed E-state index contributed by atoms with van der Waals surface area (Å²) in [6.45, 7) is 1.06. The van der Waals surface area contributed by atoms with Crippen LogP contribution in [0.25, 0.3) is 27.9 Å². The van der Waals surface area contributed by atoms with E-state index in [4.69, 9.17) is 13.9 Å². The Morgan fingerprint density at radius 3 is 2.59 bits per heavy atom. The summed E-state index contributed by atoms with van der Waals surface area (Å²) in [5.74, 6) is 2.02. The predicted octanol–water partition coefficient (Wildman–Crippen LogP) is 4.89. The Bertz CT molecular complexity index is 1420. The average molecular weight is 427 g/mol. The van der Waals surface area contributed by atoms with E-state index in [1.807, 2.05) is 65.2 Å². The summed E-state index contributed by atoms with van der Waals surface area (Å²) in [7, 11) is 0. The SMILES string of the molecule is ON=c1cc(-c2cc3cccn3cn2)oc2ccc(OCCCOc3ccccc3)cc12. The smallest absolute Gasteiger partial charge is 0.155 e. The van der Waals surface area contributed by atoms with Gasteiger partial charge in [0.2, 0.25) is 0 Å². The summed E-state index contributed by atoms with van der Waals surface area (Å²) >= 11 is 0. The third-order valence-corrected chi connectivity index (χ3v) is 5.06. The fraction of sp³-hybridized carbons (Fsp3) is 0.120. The molecule has 0 bridgehead atoms. The van der Waals surface area contributed by atoms with Crippen molar-refractivity contribution in [3.8, 4) is 23.0 Å². The first-order chi connectivity index (χ1) is 15.8. The van der Waals surface area contributed by atoms with Crippen LogP contribution in [0, 0.1) is 0 Å². The van der Waals surface area contributed by atoms with Crippen molar-refractivity contribution in [2.24, 2.45) is 5.16 Å². The second-order valence-corrected chi connectivity index (χ2v) is 7.23. The molecule has 5 aromatic rings. The van der Waals surface area contributed by atoms with Gasteiger partial charge in [0.15, 0.2) is 5.76 Å². The molecule has 0 aliphatic carbocycles. The minimum atomic E-state index is 0.385. The van der Waals surface area contributed by atoms with Crippen molar-refractivity contribution >= 4 is 16.5 Å². The molecule has 0 radical (unpaired) electrons. The van der Waals surface area contributed by atoms with Crippen LogP contribution in [0.4, 0.5) is 0 Å². The van der Waals surface area contributed by atoms with Gasteiger partial charge in [-0.2, -0.15) is 0 Å². The number of benzene rings is 2. The van der Waals surface area contributed by atoms with Crippen molar-refractivity contribution in [3.63, 3.8) is 0 Å². The fourth-order valence-corrected chi connectivity index (χ4v) is 3.47. The largest absolute Gasteiger partial charge is 0.493 e.